The van der Waals surface area contributed by atoms with Crippen LogP contribution in [0, 0.1) is 6.92 Å². The molecule has 3 aromatic rings. The first-order chi connectivity index (χ1) is 10.2. The van der Waals surface area contributed by atoms with Crippen LogP contribution >= 0.6 is 0 Å². The molecule has 0 amide bonds. The van der Waals surface area contributed by atoms with E-state index in [2.05, 4.69) is 20.8 Å². The van der Waals surface area contributed by atoms with E-state index in [0.717, 1.165) is 22.8 Å². The SMILES string of the molecule is Cc1nnnn1-c1cccc(NCc2ccccc2O)c1. The predicted octanol–water partition coefficient (Wildman–Crippen LogP) is 2.29. The number of phenolic OH excluding ortho intramolecular Hbond substituents is 1. The molecule has 1 aromatic heterocycles. The molecule has 0 aliphatic heterocycles. The molecular weight excluding hydrogens is 266 g/mol. The Hall–Kier alpha value is -2.89. The fourth-order valence-electron chi connectivity index (χ4n) is 2.08. The average Bonchev–Trinajstić information content (AvgIpc) is 2.93. The summed E-state index contributed by atoms with van der Waals surface area (Å²) < 4.78 is 1.67. The van der Waals surface area contributed by atoms with E-state index >= 15 is 0 Å². The van der Waals surface area contributed by atoms with E-state index in [0.29, 0.717) is 6.54 Å². The molecule has 0 saturated heterocycles. The number of anilines is 1. The first kappa shape index (κ1) is 13.1. The Bertz CT molecular complexity index is 753. The van der Waals surface area contributed by atoms with E-state index in [1.54, 1.807) is 16.8 Å². The zero-order valence-corrected chi connectivity index (χ0v) is 11.6. The molecule has 0 aliphatic carbocycles. The van der Waals surface area contributed by atoms with Crippen molar-refractivity contribution in [2.45, 2.75) is 13.5 Å². The highest BCUT2D eigenvalue weighted by atomic mass is 16.3. The summed E-state index contributed by atoms with van der Waals surface area (Å²) in [7, 11) is 0. The van der Waals surface area contributed by atoms with Gasteiger partial charge in [0, 0.05) is 17.8 Å². The molecule has 0 fully saturated rings. The maximum Gasteiger partial charge on any atom is 0.153 e. The molecule has 2 aromatic carbocycles. The van der Waals surface area contributed by atoms with Gasteiger partial charge in [-0.2, -0.15) is 4.68 Å². The van der Waals surface area contributed by atoms with Gasteiger partial charge in [-0.05, 0) is 41.6 Å². The third-order valence-electron chi connectivity index (χ3n) is 3.19. The lowest BCUT2D eigenvalue weighted by Gasteiger charge is -2.09. The van der Waals surface area contributed by atoms with Crippen molar-refractivity contribution in [2.75, 3.05) is 5.32 Å². The third-order valence-corrected chi connectivity index (χ3v) is 3.19. The molecular formula is C15H15N5O. The maximum absolute atomic E-state index is 9.76. The van der Waals surface area contributed by atoms with Gasteiger partial charge in [0.1, 0.15) is 5.75 Å². The van der Waals surface area contributed by atoms with Crippen LogP contribution in [-0.2, 0) is 6.54 Å². The van der Waals surface area contributed by atoms with Crippen molar-refractivity contribution in [3.8, 4) is 11.4 Å². The van der Waals surface area contributed by atoms with Crippen LogP contribution in [0.25, 0.3) is 5.69 Å². The van der Waals surface area contributed by atoms with Gasteiger partial charge < -0.3 is 10.4 Å². The smallest absolute Gasteiger partial charge is 0.153 e. The summed E-state index contributed by atoms with van der Waals surface area (Å²) >= 11 is 0. The Morgan fingerprint density at radius 2 is 2.00 bits per heavy atom. The monoisotopic (exact) mass is 281 g/mol. The second kappa shape index (κ2) is 5.62. The Labute approximate surface area is 122 Å². The van der Waals surface area contributed by atoms with Crippen LogP contribution in [0.2, 0.25) is 0 Å². The zero-order chi connectivity index (χ0) is 14.7. The Kier molecular flexibility index (Phi) is 3.51. The van der Waals surface area contributed by atoms with Crippen LogP contribution in [0.3, 0.4) is 0 Å². The summed E-state index contributed by atoms with van der Waals surface area (Å²) in [6, 6.07) is 15.1. The average molecular weight is 281 g/mol. The lowest BCUT2D eigenvalue weighted by atomic mass is 10.2. The minimum Gasteiger partial charge on any atom is -0.508 e. The number of hydrogen-bond acceptors (Lipinski definition) is 5. The fraction of sp³-hybridized carbons (Fsp3) is 0.133. The van der Waals surface area contributed by atoms with Crippen molar-refractivity contribution in [3.63, 3.8) is 0 Å². The normalized spacial score (nSPS) is 10.5. The molecule has 0 aliphatic rings. The van der Waals surface area contributed by atoms with Crippen molar-refractivity contribution < 1.29 is 5.11 Å². The summed E-state index contributed by atoms with van der Waals surface area (Å²) in [6.07, 6.45) is 0. The molecule has 0 spiro atoms. The molecule has 6 nitrogen and oxygen atoms in total. The van der Waals surface area contributed by atoms with Crippen molar-refractivity contribution in [3.05, 3.63) is 59.9 Å². The number of rotatable bonds is 4. The van der Waals surface area contributed by atoms with E-state index in [-0.39, 0.29) is 5.75 Å². The van der Waals surface area contributed by atoms with Gasteiger partial charge in [0.05, 0.1) is 5.69 Å². The Balaban J connectivity index is 1.78. The fourth-order valence-corrected chi connectivity index (χ4v) is 2.08. The summed E-state index contributed by atoms with van der Waals surface area (Å²) in [5, 5.41) is 24.5. The number of tetrazole rings is 1. The highest BCUT2D eigenvalue weighted by Gasteiger charge is 2.05. The van der Waals surface area contributed by atoms with Gasteiger partial charge >= 0.3 is 0 Å². The van der Waals surface area contributed by atoms with Crippen LogP contribution in [0.15, 0.2) is 48.5 Å². The van der Waals surface area contributed by atoms with Gasteiger partial charge in [-0.15, -0.1) is 5.10 Å². The van der Waals surface area contributed by atoms with Gasteiger partial charge in [-0.1, -0.05) is 24.3 Å². The molecule has 21 heavy (non-hydrogen) atoms. The van der Waals surface area contributed by atoms with E-state index in [9.17, 15) is 5.11 Å². The predicted molar refractivity (Wildman–Crippen MR) is 79.3 cm³/mol. The van der Waals surface area contributed by atoms with Gasteiger partial charge in [0.2, 0.25) is 0 Å². The third kappa shape index (κ3) is 2.84. The zero-order valence-electron chi connectivity index (χ0n) is 11.6. The number of hydrogen-bond donors (Lipinski definition) is 2. The Morgan fingerprint density at radius 3 is 2.76 bits per heavy atom. The number of nitrogens with zero attached hydrogens (tertiary/aromatic N) is 4. The summed E-state index contributed by atoms with van der Waals surface area (Å²) in [5.74, 6) is 1.02. The largest absolute Gasteiger partial charge is 0.508 e. The number of phenols is 1. The van der Waals surface area contributed by atoms with Crippen LogP contribution in [-0.4, -0.2) is 25.3 Å². The van der Waals surface area contributed by atoms with E-state index in [1.165, 1.54) is 0 Å². The quantitative estimate of drug-likeness (QED) is 0.767. The second-order valence-electron chi connectivity index (χ2n) is 4.67. The minimum absolute atomic E-state index is 0.289. The molecule has 6 heteroatoms. The number of aromatic hydroxyl groups is 1. The molecule has 0 saturated carbocycles. The van der Waals surface area contributed by atoms with Gasteiger partial charge in [0.15, 0.2) is 5.82 Å². The van der Waals surface area contributed by atoms with Crippen molar-refractivity contribution in [1.82, 2.24) is 20.2 Å². The van der Waals surface area contributed by atoms with Crippen LogP contribution in [0.1, 0.15) is 11.4 Å². The molecule has 0 bridgehead atoms. The number of para-hydroxylation sites is 1. The summed E-state index contributed by atoms with van der Waals surface area (Å²) in [4.78, 5) is 0. The molecule has 0 radical (unpaired) electrons. The van der Waals surface area contributed by atoms with Crippen molar-refractivity contribution in [2.24, 2.45) is 0 Å². The van der Waals surface area contributed by atoms with E-state index in [1.807, 2.05) is 43.3 Å². The number of aromatic nitrogens is 4. The minimum atomic E-state index is 0.289. The summed E-state index contributed by atoms with van der Waals surface area (Å²) in [6.45, 7) is 2.40. The number of aryl methyl sites for hydroxylation is 1. The van der Waals surface area contributed by atoms with E-state index < -0.39 is 0 Å². The highest BCUT2D eigenvalue weighted by molar-refractivity contribution is 5.51. The number of nitrogens with one attached hydrogen (secondary N) is 1. The molecule has 0 atom stereocenters. The standard InChI is InChI=1S/C15H15N5O/c1-11-17-18-19-20(11)14-7-4-6-13(9-14)16-10-12-5-2-3-8-15(12)21/h2-9,16,21H,10H2,1H3. The van der Waals surface area contributed by atoms with Crippen LogP contribution in [0.5, 0.6) is 5.75 Å². The van der Waals surface area contributed by atoms with Crippen molar-refractivity contribution >= 4 is 5.69 Å². The van der Waals surface area contributed by atoms with E-state index in [4.69, 9.17) is 0 Å². The molecule has 1 heterocycles. The van der Waals surface area contributed by atoms with Crippen LogP contribution < -0.4 is 5.32 Å². The molecule has 3 rings (SSSR count). The Morgan fingerprint density at radius 1 is 1.14 bits per heavy atom. The molecule has 0 unspecified atom stereocenters. The second-order valence-corrected chi connectivity index (χ2v) is 4.67. The van der Waals surface area contributed by atoms with Crippen LogP contribution in [0.4, 0.5) is 5.69 Å². The van der Waals surface area contributed by atoms with Crippen molar-refractivity contribution in [1.29, 1.82) is 0 Å². The first-order valence-corrected chi connectivity index (χ1v) is 6.60. The molecule has 2 N–H and O–H groups in total. The topological polar surface area (TPSA) is 75.9 Å². The maximum atomic E-state index is 9.76. The lowest BCUT2D eigenvalue weighted by molar-refractivity contribution is 0.469. The number of benzene rings is 2. The lowest BCUT2D eigenvalue weighted by Crippen LogP contribution is -2.03. The highest BCUT2D eigenvalue weighted by Crippen LogP contribution is 2.19. The van der Waals surface area contributed by atoms with Gasteiger partial charge in [0.25, 0.3) is 0 Å². The first-order valence-electron chi connectivity index (χ1n) is 6.60. The van der Waals surface area contributed by atoms with Gasteiger partial charge in [-0.3, -0.25) is 0 Å². The molecule has 106 valence electrons. The van der Waals surface area contributed by atoms with Gasteiger partial charge in [-0.25, -0.2) is 0 Å². The summed E-state index contributed by atoms with van der Waals surface area (Å²) in [5.41, 5.74) is 2.67.